The maximum absolute atomic E-state index is 10.1. The molecule has 5 nitrogen and oxygen atoms in total. The Hall–Kier alpha value is 0.360. The van der Waals surface area contributed by atoms with Gasteiger partial charge >= 0.3 is 0 Å². The molecule has 0 amide bonds. The number of hydrogen-bond acceptors (Lipinski definition) is 7. The minimum atomic E-state index is -0.415. The lowest BCUT2D eigenvalue weighted by Crippen LogP contribution is -2.44. The first kappa shape index (κ1) is 20.7. The zero-order valence-corrected chi connectivity index (χ0v) is 17.3. The van der Waals surface area contributed by atoms with E-state index in [1.165, 1.54) is 62.0 Å². The van der Waals surface area contributed by atoms with Gasteiger partial charge < -0.3 is 16.0 Å². The van der Waals surface area contributed by atoms with E-state index < -0.39 is 6.10 Å². The first-order valence-electron chi connectivity index (χ1n) is 8.68. The summed E-state index contributed by atoms with van der Waals surface area (Å²) in [5.41, 5.74) is 6.52. The van der Waals surface area contributed by atoms with Crippen LogP contribution in [0.2, 0.25) is 0 Å². The summed E-state index contributed by atoms with van der Waals surface area (Å²) in [7, 11) is 0. The molecule has 3 N–H and O–H groups in total. The molecule has 0 radical (unpaired) electrons. The van der Waals surface area contributed by atoms with Gasteiger partial charge in [-0.25, -0.2) is 10.0 Å². The molecule has 2 aliphatic rings. The zero-order chi connectivity index (χ0) is 17.2. The fourth-order valence-corrected chi connectivity index (χ4v) is 4.85. The Labute approximate surface area is 164 Å². The van der Waals surface area contributed by atoms with Gasteiger partial charge in [0.2, 0.25) is 0 Å². The number of rotatable bonds is 6. The van der Waals surface area contributed by atoms with Crippen molar-refractivity contribution in [3.05, 3.63) is 0 Å². The van der Waals surface area contributed by atoms with Gasteiger partial charge in [0.1, 0.15) is 8.64 Å². The molecule has 138 valence electrons. The quantitative estimate of drug-likeness (QED) is 0.575. The highest BCUT2D eigenvalue weighted by molar-refractivity contribution is 8.23. The standard InChI is InChI=1S/C15H28N4OS4/c20-13(11-23-14(21)16-18-7-3-1-4-8-18)12-24-15(22)17-19-9-5-2-6-10-19/h13,20H,1-12H2,(H,16,21)(H,17,22). The van der Waals surface area contributed by atoms with Gasteiger partial charge in [-0.15, -0.1) is 0 Å². The lowest BCUT2D eigenvalue weighted by molar-refractivity contribution is 0.197. The van der Waals surface area contributed by atoms with Crippen molar-refractivity contribution in [3.8, 4) is 0 Å². The average Bonchev–Trinajstić information content (AvgIpc) is 2.60. The molecule has 2 saturated heterocycles. The largest absolute Gasteiger partial charge is 0.391 e. The maximum Gasteiger partial charge on any atom is 0.148 e. The molecule has 2 fully saturated rings. The summed E-state index contributed by atoms with van der Waals surface area (Å²) in [6, 6.07) is 0. The van der Waals surface area contributed by atoms with Gasteiger partial charge in [0.05, 0.1) is 6.10 Å². The van der Waals surface area contributed by atoms with Crippen LogP contribution in [0.3, 0.4) is 0 Å². The van der Waals surface area contributed by atoms with Crippen LogP contribution < -0.4 is 10.9 Å². The molecule has 0 spiro atoms. The number of thioether (sulfide) groups is 2. The van der Waals surface area contributed by atoms with Gasteiger partial charge in [0.15, 0.2) is 0 Å². The van der Waals surface area contributed by atoms with Crippen molar-refractivity contribution in [3.63, 3.8) is 0 Å². The second-order valence-corrected chi connectivity index (χ2v) is 9.56. The van der Waals surface area contributed by atoms with E-state index in [0.29, 0.717) is 11.5 Å². The van der Waals surface area contributed by atoms with Crippen molar-refractivity contribution in [2.75, 3.05) is 37.7 Å². The summed E-state index contributed by atoms with van der Waals surface area (Å²) in [6.45, 7) is 4.20. The Morgan fingerprint density at radius 2 is 1.17 bits per heavy atom. The predicted molar refractivity (Wildman–Crippen MR) is 113 cm³/mol. The summed E-state index contributed by atoms with van der Waals surface area (Å²) < 4.78 is 1.49. The van der Waals surface area contributed by atoms with Crippen LogP contribution in [0.25, 0.3) is 0 Å². The van der Waals surface area contributed by atoms with Crippen molar-refractivity contribution in [2.45, 2.75) is 44.6 Å². The fraction of sp³-hybridized carbons (Fsp3) is 0.867. The van der Waals surface area contributed by atoms with Crippen LogP contribution in [0.1, 0.15) is 38.5 Å². The molecule has 24 heavy (non-hydrogen) atoms. The predicted octanol–water partition coefficient (Wildman–Crippen LogP) is 2.36. The van der Waals surface area contributed by atoms with Crippen LogP contribution in [0, 0.1) is 0 Å². The Morgan fingerprint density at radius 3 is 1.54 bits per heavy atom. The molecule has 2 heterocycles. The maximum atomic E-state index is 10.1. The minimum absolute atomic E-state index is 0.415. The number of hydrogen-bond donors (Lipinski definition) is 3. The van der Waals surface area contributed by atoms with Gasteiger partial charge in [-0.05, 0) is 25.7 Å². The second kappa shape index (κ2) is 11.9. The summed E-state index contributed by atoms with van der Waals surface area (Å²) in [5.74, 6) is 1.19. The summed E-state index contributed by atoms with van der Waals surface area (Å²) in [6.07, 6.45) is 7.09. The van der Waals surface area contributed by atoms with Gasteiger partial charge in [-0.2, -0.15) is 0 Å². The van der Waals surface area contributed by atoms with Gasteiger partial charge in [0.25, 0.3) is 0 Å². The molecular weight excluding hydrogens is 380 g/mol. The highest BCUT2D eigenvalue weighted by Crippen LogP contribution is 2.14. The molecule has 0 aromatic carbocycles. The average molecular weight is 409 g/mol. The Balaban J connectivity index is 1.52. The Morgan fingerprint density at radius 1 is 0.792 bits per heavy atom. The highest BCUT2D eigenvalue weighted by Gasteiger charge is 2.14. The van der Waals surface area contributed by atoms with Crippen molar-refractivity contribution >= 4 is 56.6 Å². The van der Waals surface area contributed by atoms with Crippen molar-refractivity contribution in [1.29, 1.82) is 0 Å². The number of aliphatic hydroxyl groups excluding tert-OH is 1. The molecule has 0 aromatic heterocycles. The molecule has 0 aliphatic carbocycles. The van der Waals surface area contributed by atoms with Crippen LogP contribution in [0.15, 0.2) is 0 Å². The van der Waals surface area contributed by atoms with Crippen LogP contribution in [-0.2, 0) is 0 Å². The molecule has 0 bridgehead atoms. The third-order valence-corrected chi connectivity index (χ3v) is 6.72. The Bertz CT molecular complexity index is 365. The minimum Gasteiger partial charge on any atom is -0.391 e. The second-order valence-electron chi connectivity index (χ2n) is 6.17. The smallest absolute Gasteiger partial charge is 0.148 e. The summed E-state index contributed by atoms with van der Waals surface area (Å²) in [4.78, 5) is 0. The number of aliphatic hydroxyl groups is 1. The van der Waals surface area contributed by atoms with Crippen LogP contribution in [0.5, 0.6) is 0 Å². The van der Waals surface area contributed by atoms with E-state index in [1.54, 1.807) is 0 Å². The highest BCUT2D eigenvalue weighted by atomic mass is 32.2. The summed E-state index contributed by atoms with van der Waals surface area (Å²) in [5, 5.41) is 14.5. The normalized spacial score (nSPS) is 20.1. The van der Waals surface area contributed by atoms with E-state index in [4.69, 9.17) is 24.4 Å². The van der Waals surface area contributed by atoms with Gasteiger partial charge in [-0.3, -0.25) is 0 Å². The van der Waals surface area contributed by atoms with E-state index in [2.05, 4.69) is 20.9 Å². The third kappa shape index (κ3) is 8.64. The molecule has 9 heteroatoms. The number of thiocarbonyl (C=S) groups is 2. The lowest BCUT2D eigenvalue weighted by atomic mass is 10.2. The van der Waals surface area contributed by atoms with Gasteiger partial charge in [0, 0.05) is 37.7 Å². The molecule has 2 aliphatic heterocycles. The van der Waals surface area contributed by atoms with Crippen molar-refractivity contribution in [2.24, 2.45) is 0 Å². The number of nitrogens with zero attached hydrogens (tertiary/aromatic N) is 2. The first-order chi connectivity index (χ1) is 11.6. The number of piperidine rings is 2. The Kier molecular flexibility index (Phi) is 10.2. The molecule has 2 rings (SSSR count). The summed E-state index contributed by atoms with van der Waals surface area (Å²) >= 11 is 13.7. The van der Waals surface area contributed by atoms with E-state index >= 15 is 0 Å². The number of hydrazine groups is 2. The molecule has 0 atom stereocenters. The van der Waals surface area contributed by atoms with Crippen molar-refractivity contribution < 1.29 is 5.11 Å². The van der Waals surface area contributed by atoms with Crippen LogP contribution in [0.4, 0.5) is 0 Å². The SMILES string of the molecule is OC(CSC(=S)NN1CCCCC1)CSC(=S)NN1CCCCC1. The van der Waals surface area contributed by atoms with E-state index in [1.807, 2.05) is 0 Å². The molecule has 0 saturated carbocycles. The molecular formula is C15H28N4OS4. The van der Waals surface area contributed by atoms with E-state index in [-0.39, 0.29) is 0 Å². The topological polar surface area (TPSA) is 50.8 Å². The van der Waals surface area contributed by atoms with Crippen LogP contribution >= 0.6 is 48.0 Å². The monoisotopic (exact) mass is 408 g/mol. The van der Waals surface area contributed by atoms with Gasteiger partial charge in [-0.1, -0.05) is 60.8 Å². The number of nitrogens with one attached hydrogen (secondary N) is 2. The first-order valence-corrected chi connectivity index (χ1v) is 11.5. The third-order valence-electron chi connectivity index (χ3n) is 4.02. The fourth-order valence-electron chi connectivity index (χ4n) is 2.73. The van der Waals surface area contributed by atoms with Crippen molar-refractivity contribution in [1.82, 2.24) is 20.9 Å². The van der Waals surface area contributed by atoms with E-state index in [0.717, 1.165) is 34.8 Å². The molecule has 0 aromatic rings. The lowest BCUT2D eigenvalue weighted by Gasteiger charge is -2.28. The van der Waals surface area contributed by atoms with Crippen LogP contribution in [-0.4, -0.2) is 67.6 Å². The molecule has 0 unspecified atom stereocenters. The van der Waals surface area contributed by atoms with E-state index in [9.17, 15) is 5.11 Å². The zero-order valence-electron chi connectivity index (χ0n) is 14.0.